The summed E-state index contributed by atoms with van der Waals surface area (Å²) < 4.78 is 5.98. The highest BCUT2D eigenvalue weighted by Crippen LogP contribution is 2.58. The summed E-state index contributed by atoms with van der Waals surface area (Å²) in [6.45, 7) is 13.4. The van der Waals surface area contributed by atoms with Gasteiger partial charge in [-0.25, -0.2) is 0 Å². The SMILES string of the molecule is CCc1ccc(/C=C(\C)[C@@H]2C[C@@H]3C[C@@]3(C)CCC[C@H](C)[C@H](O)[C@@H](C)C(=O)C(C)(C)[C@@H](O)CC(=O)O2)nc1. The van der Waals surface area contributed by atoms with E-state index < -0.39 is 35.6 Å². The molecule has 206 valence electrons. The summed E-state index contributed by atoms with van der Waals surface area (Å²) in [6.07, 6.45) is 6.79. The van der Waals surface area contributed by atoms with Crippen LogP contribution in [0.1, 0.15) is 98.2 Å². The fourth-order valence-corrected chi connectivity index (χ4v) is 5.84. The predicted octanol–water partition coefficient (Wildman–Crippen LogP) is 5.54. The maximum Gasteiger partial charge on any atom is 0.309 e. The van der Waals surface area contributed by atoms with E-state index in [1.165, 1.54) is 5.56 Å². The summed E-state index contributed by atoms with van der Waals surface area (Å²) in [5.74, 6) is -0.953. The van der Waals surface area contributed by atoms with E-state index in [2.05, 4.69) is 24.9 Å². The van der Waals surface area contributed by atoms with E-state index in [-0.39, 0.29) is 23.5 Å². The van der Waals surface area contributed by atoms with Crippen molar-refractivity contribution >= 4 is 17.8 Å². The molecule has 1 aliphatic heterocycles. The normalized spacial score (nSPS) is 36.0. The van der Waals surface area contributed by atoms with Crippen molar-refractivity contribution in [1.29, 1.82) is 0 Å². The standard InChI is InChI=1S/C31H47NO5/c1-8-22-11-12-24(32-18-22)14-20(3)25-15-23-17-31(23,7)13-9-10-19(2)28(35)21(4)29(36)30(5,6)26(33)16-27(34)37-25/h11-12,14,18-19,21,23,25-26,28,33,35H,8-10,13,15-17H2,1-7H3/b20-14+/t19-,21+,23+,25-,26-,28-,31+/m0/s1. The highest BCUT2D eigenvalue weighted by atomic mass is 16.5. The van der Waals surface area contributed by atoms with Crippen molar-refractivity contribution in [2.45, 2.75) is 112 Å². The minimum absolute atomic E-state index is 0.0184. The molecule has 3 rings (SSSR count). The van der Waals surface area contributed by atoms with Crippen molar-refractivity contribution in [1.82, 2.24) is 4.98 Å². The summed E-state index contributed by atoms with van der Waals surface area (Å²) in [7, 11) is 0. The Morgan fingerprint density at radius 1 is 1.19 bits per heavy atom. The van der Waals surface area contributed by atoms with Crippen molar-refractivity contribution in [2.75, 3.05) is 0 Å². The molecule has 0 amide bonds. The van der Waals surface area contributed by atoms with Crippen LogP contribution in [0.5, 0.6) is 0 Å². The monoisotopic (exact) mass is 513 g/mol. The zero-order chi connectivity index (χ0) is 27.5. The van der Waals surface area contributed by atoms with Gasteiger partial charge in [-0.2, -0.15) is 0 Å². The number of aromatic nitrogens is 1. The Labute approximate surface area is 222 Å². The van der Waals surface area contributed by atoms with Gasteiger partial charge in [0.05, 0.1) is 29.7 Å². The molecule has 37 heavy (non-hydrogen) atoms. The molecule has 6 heteroatoms. The largest absolute Gasteiger partial charge is 0.458 e. The molecule has 2 fully saturated rings. The van der Waals surface area contributed by atoms with E-state index in [1.807, 2.05) is 32.2 Å². The van der Waals surface area contributed by atoms with Crippen LogP contribution in [0.3, 0.4) is 0 Å². The molecule has 7 atom stereocenters. The number of pyridine rings is 1. The third kappa shape index (κ3) is 7.08. The zero-order valence-electron chi connectivity index (χ0n) is 23.8. The van der Waals surface area contributed by atoms with E-state index in [0.29, 0.717) is 5.92 Å². The van der Waals surface area contributed by atoms with E-state index in [4.69, 9.17) is 4.74 Å². The molecule has 0 spiro atoms. The minimum atomic E-state index is -1.20. The molecule has 1 saturated heterocycles. The number of ketones is 1. The van der Waals surface area contributed by atoms with Crippen LogP contribution < -0.4 is 0 Å². The maximum atomic E-state index is 13.3. The molecule has 0 aromatic carbocycles. The topological polar surface area (TPSA) is 96.7 Å². The number of aryl methyl sites for hydroxylation is 1. The Balaban J connectivity index is 1.86. The molecular weight excluding hydrogens is 466 g/mol. The number of Topliss-reactive ketones (excluding diaryl/α,β-unsaturated/α-hetero) is 1. The summed E-state index contributed by atoms with van der Waals surface area (Å²) in [5, 5.41) is 21.8. The quantitative estimate of drug-likeness (QED) is 0.515. The van der Waals surface area contributed by atoms with Gasteiger partial charge in [-0.05, 0) is 79.6 Å². The van der Waals surface area contributed by atoms with Crippen LogP contribution in [-0.4, -0.2) is 45.3 Å². The molecule has 1 aliphatic carbocycles. The van der Waals surface area contributed by atoms with Gasteiger partial charge in [0.2, 0.25) is 0 Å². The first-order valence-electron chi connectivity index (χ1n) is 14.0. The molecule has 0 radical (unpaired) electrons. The number of hydrogen-bond acceptors (Lipinski definition) is 6. The number of carbonyl (C=O) groups is 2. The predicted molar refractivity (Wildman–Crippen MR) is 146 cm³/mol. The van der Waals surface area contributed by atoms with E-state index >= 15 is 0 Å². The third-order valence-electron chi connectivity index (χ3n) is 9.19. The molecule has 1 aromatic rings. The minimum Gasteiger partial charge on any atom is -0.458 e. The average molecular weight is 514 g/mol. The van der Waals surface area contributed by atoms with Crippen LogP contribution in [0.2, 0.25) is 0 Å². The van der Waals surface area contributed by atoms with Crippen LogP contribution in [0.25, 0.3) is 6.08 Å². The number of fused-ring (bicyclic) bond motifs is 1. The Bertz CT molecular complexity index is 984. The van der Waals surface area contributed by atoms with Gasteiger partial charge in [-0.15, -0.1) is 0 Å². The first-order chi connectivity index (χ1) is 17.3. The second-order valence-electron chi connectivity index (χ2n) is 12.6. The number of hydrogen-bond donors (Lipinski definition) is 2. The van der Waals surface area contributed by atoms with Crippen LogP contribution >= 0.6 is 0 Å². The fourth-order valence-electron chi connectivity index (χ4n) is 5.84. The number of rotatable bonds is 3. The first-order valence-corrected chi connectivity index (χ1v) is 14.0. The Morgan fingerprint density at radius 2 is 1.89 bits per heavy atom. The van der Waals surface area contributed by atoms with Gasteiger partial charge < -0.3 is 14.9 Å². The maximum absolute atomic E-state index is 13.3. The van der Waals surface area contributed by atoms with E-state index in [1.54, 1.807) is 20.8 Å². The van der Waals surface area contributed by atoms with Crippen molar-refractivity contribution < 1.29 is 24.5 Å². The molecule has 2 N–H and O–H groups in total. The van der Waals surface area contributed by atoms with Gasteiger partial charge >= 0.3 is 5.97 Å². The number of esters is 1. The Hall–Kier alpha value is -2.05. The zero-order valence-corrected chi connectivity index (χ0v) is 23.8. The smallest absolute Gasteiger partial charge is 0.309 e. The van der Waals surface area contributed by atoms with Crippen molar-refractivity contribution in [2.24, 2.45) is 28.6 Å². The molecule has 1 saturated carbocycles. The highest BCUT2D eigenvalue weighted by Gasteiger charge is 2.50. The summed E-state index contributed by atoms with van der Waals surface area (Å²) >= 11 is 0. The van der Waals surface area contributed by atoms with Crippen molar-refractivity contribution in [3.63, 3.8) is 0 Å². The van der Waals surface area contributed by atoms with Crippen LogP contribution in [-0.2, 0) is 20.7 Å². The van der Waals surface area contributed by atoms with E-state index in [0.717, 1.165) is 49.8 Å². The third-order valence-corrected chi connectivity index (χ3v) is 9.19. The molecule has 6 nitrogen and oxygen atoms in total. The summed E-state index contributed by atoms with van der Waals surface area (Å²) in [4.78, 5) is 30.9. The lowest BCUT2D eigenvalue weighted by atomic mass is 9.73. The van der Waals surface area contributed by atoms with Crippen molar-refractivity contribution in [3.05, 3.63) is 35.2 Å². The Morgan fingerprint density at radius 3 is 2.51 bits per heavy atom. The fraction of sp³-hybridized carbons (Fsp3) is 0.710. The molecule has 2 heterocycles. The van der Waals surface area contributed by atoms with Crippen molar-refractivity contribution in [3.8, 4) is 0 Å². The number of aliphatic hydroxyl groups is 2. The molecule has 2 aliphatic rings. The van der Waals surface area contributed by atoms with Gasteiger partial charge in [0.1, 0.15) is 11.9 Å². The van der Waals surface area contributed by atoms with E-state index in [9.17, 15) is 19.8 Å². The van der Waals surface area contributed by atoms with Crippen LogP contribution in [0, 0.1) is 28.6 Å². The number of carbonyl (C=O) groups excluding carboxylic acids is 2. The molecule has 1 aromatic heterocycles. The van der Waals surface area contributed by atoms with Crippen LogP contribution in [0.4, 0.5) is 0 Å². The van der Waals surface area contributed by atoms with Gasteiger partial charge in [-0.1, -0.05) is 54.0 Å². The lowest BCUT2D eigenvalue weighted by Crippen LogP contribution is -2.45. The molecule has 0 unspecified atom stereocenters. The Kier molecular flexibility index (Phi) is 9.39. The number of cyclic esters (lactones) is 1. The van der Waals surface area contributed by atoms with Gasteiger partial charge in [0.15, 0.2) is 0 Å². The lowest BCUT2D eigenvalue weighted by molar-refractivity contribution is -0.154. The van der Waals surface area contributed by atoms with Crippen LogP contribution in [0.15, 0.2) is 23.9 Å². The summed E-state index contributed by atoms with van der Waals surface area (Å²) in [6, 6.07) is 4.04. The van der Waals surface area contributed by atoms with Gasteiger partial charge in [-0.3, -0.25) is 14.6 Å². The second kappa shape index (κ2) is 11.8. The van der Waals surface area contributed by atoms with Gasteiger partial charge in [0, 0.05) is 12.1 Å². The highest BCUT2D eigenvalue weighted by molar-refractivity contribution is 5.88. The molecular formula is C31H47NO5. The molecule has 0 bridgehead atoms. The average Bonchev–Trinajstić information content (AvgIpc) is 3.50. The number of ether oxygens (including phenoxy) is 1. The second-order valence-corrected chi connectivity index (χ2v) is 12.6. The first kappa shape index (κ1) is 29.5. The summed E-state index contributed by atoms with van der Waals surface area (Å²) in [5.41, 5.74) is 1.93. The number of aliphatic hydroxyl groups excluding tert-OH is 2. The van der Waals surface area contributed by atoms with Gasteiger partial charge in [0.25, 0.3) is 0 Å². The number of nitrogens with zero attached hydrogens (tertiary/aromatic N) is 1. The lowest BCUT2D eigenvalue weighted by Gasteiger charge is -2.34.